The molecule has 3 N–H and O–H groups in total. The highest BCUT2D eigenvalue weighted by molar-refractivity contribution is 7.99. The van der Waals surface area contributed by atoms with E-state index in [0.29, 0.717) is 25.4 Å². The molecule has 2 amide bonds. The Hall–Kier alpha value is -5.33. The predicted octanol–water partition coefficient (Wildman–Crippen LogP) is 6.33. The third-order valence-electron chi connectivity index (χ3n) is 11.4. The van der Waals surface area contributed by atoms with Crippen molar-refractivity contribution in [3.63, 3.8) is 0 Å². The number of fused-ring (bicyclic) bond motifs is 1. The van der Waals surface area contributed by atoms with Gasteiger partial charge in [0.15, 0.2) is 0 Å². The average Bonchev–Trinajstić information content (AvgIpc) is 3.37. The molecule has 0 radical (unpaired) electrons. The summed E-state index contributed by atoms with van der Waals surface area (Å²) in [6.45, 7) is 16.6. The molecule has 4 aromatic rings. The fourth-order valence-corrected chi connectivity index (χ4v) is 8.07. The second-order valence-corrected chi connectivity index (χ2v) is 16.8. The summed E-state index contributed by atoms with van der Waals surface area (Å²) in [5.41, 5.74) is 4.24. The highest BCUT2D eigenvalue weighted by Gasteiger charge is 2.29. The van der Waals surface area contributed by atoms with E-state index in [9.17, 15) is 9.59 Å². The topological polar surface area (TPSA) is 129 Å². The molecule has 6 rings (SSSR count). The number of ether oxygens (including phenoxy) is 3. The summed E-state index contributed by atoms with van der Waals surface area (Å²) in [4.78, 5) is 32.8. The van der Waals surface area contributed by atoms with Gasteiger partial charge in [0.05, 0.1) is 6.61 Å². The standard InChI is InChI=1S/C49H62N6O5S/c1-35-43-16-14-15-40(31-44(43)36(2)55(35)45-25-26-46(56)53-47(45)57)50-27-10-13-29-58-28-11-8-6-7-9-12-30-59-41-21-17-38(18-22-41)49(3,4)39-19-23-42(24-20-39)60-34-37-32-51-48(52-33-37)54-61-5/h15-24,31-33,45,50H,1-2,6-14,25-30,34H2,3-5H3,(H,51,52,54)(H,53,56,57). The molecular weight excluding hydrogens is 785 g/mol. The van der Waals surface area contributed by atoms with Gasteiger partial charge in [-0.25, -0.2) is 9.97 Å². The van der Waals surface area contributed by atoms with E-state index in [1.807, 2.05) is 23.0 Å². The van der Waals surface area contributed by atoms with Crippen LogP contribution in [0.25, 0.3) is 25.3 Å². The number of rotatable bonds is 24. The Balaban J connectivity index is 0.782. The van der Waals surface area contributed by atoms with Crippen LogP contribution in [0.4, 0.5) is 5.95 Å². The smallest absolute Gasteiger partial charge is 0.249 e. The number of amides is 2. The first-order chi connectivity index (χ1) is 29.6. The van der Waals surface area contributed by atoms with Gasteiger partial charge in [-0.05, 0) is 80.0 Å². The number of nitrogens with one attached hydrogen (secondary N) is 3. The van der Waals surface area contributed by atoms with Gasteiger partial charge in [0.2, 0.25) is 17.8 Å². The third kappa shape index (κ3) is 12.6. The number of carbonyl (C=O) groups excluding carboxylic acids is 2. The monoisotopic (exact) mass is 846 g/mol. The maximum absolute atomic E-state index is 12.6. The Labute approximate surface area is 364 Å². The zero-order chi connectivity index (χ0) is 43.0. The molecule has 1 unspecified atom stereocenters. The van der Waals surface area contributed by atoms with Gasteiger partial charge < -0.3 is 24.1 Å². The number of unbranched alkanes of at least 4 members (excludes halogenated alkanes) is 6. The largest absolute Gasteiger partial charge is 0.494 e. The first kappa shape index (κ1) is 45.2. The molecule has 1 atom stereocenters. The van der Waals surface area contributed by atoms with Crippen molar-refractivity contribution in [3.05, 3.63) is 111 Å². The van der Waals surface area contributed by atoms with Crippen molar-refractivity contribution < 1.29 is 23.8 Å². The minimum absolute atomic E-state index is 0.167. The van der Waals surface area contributed by atoms with Crippen LogP contribution >= 0.6 is 11.9 Å². The number of aromatic nitrogens is 3. The van der Waals surface area contributed by atoms with Crippen molar-refractivity contribution in [1.29, 1.82) is 0 Å². The van der Waals surface area contributed by atoms with E-state index in [0.717, 1.165) is 102 Å². The lowest BCUT2D eigenvalue weighted by Crippen LogP contribution is -2.47. The zero-order valence-electron chi connectivity index (χ0n) is 36.1. The molecule has 1 saturated heterocycles. The lowest BCUT2D eigenvalue weighted by atomic mass is 9.78. The normalized spacial score (nSPS) is 15.1. The van der Waals surface area contributed by atoms with Gasteiger partial charge in [-0.3, -0.25) is 19.6 Å². The van der Waals surface area contributed by atoms with Crippen molar-refractivity contribution in [3.8, 4) is 11.5 Å². The quantitative estimate of drug-likeness (QED) is 0.0419. The number of benzene rings is 2. The van der Waals surface area contributed by atoms with E-state index in [2.05, 4.69) is 107 Å². The Morgan fingerprint density at radius 3 is 2.07 bits per heavy atom. The summed E-state index contributed by atoms with van der Waals surface area (Å²) in [7, 11) is 0. The predicted molar refractivity (Wildman–Crippen MR) is 247 cm³/mol. The van der Waals surface area contributed by atoms with E-state index in [-0.39, 0.29) is 17.2 Å². The number of hydrogen-bond donors (Lipinski definition) is 3. The first-order valence-electron chi connectivity index (χ1n) is 21.7. The molecule has 2 aliphatic rings. The number of anilines is 1. The van der Waals surface area contributed by atoms with Crippen LogP contribution in [0.1, 0.15) is 107 Å². The van der Waals surface area contributed by atoms with Crippen molar-refractivity contribution in [2.24, 2.45) is 0 Å². The number of piperidine rings is 1. The van der Waals surface area contributed by atoms with Crippen molar-refractivity contribution >= 4 is 55.0 Å². The second-order valence-electron chi connectivity index (χ2n) is 16.2. The van der Waals surface area contributed by atoms with Crippen LogP contribution in [0.2, 0.25) is 0 Å². The third-order valence-corrected chi connectivity index (χ3v) is 11.8. The molecule has 1 aliphatic carbocycles. The van der Waals surface area contributed by atoms with Gasteiger partial charge in [0, 0.05) is 82.6 Å². The fourth-order valence-electron chi connectivity index (χ4n) is 7.78. The maximum atomic E-state index is 12.6. The van der Waals surface area contributed by atoms with Gasteiger partial charge in [-0.15, -0.1) is 0 Å². The molecule has 12 heteroatoms. The van der Waals surface area contributed by atoms with Crippen molar-refractivity contribution in [1.82, 2.24) is 25.2 Å². The first-order valence-corrected chi connectivity index (χ1v) is 22.9. The van der Waals surface area contributed by atoms with Crippen LogP contribution in [0, 0.1) is 0 Å². The van der Waals surface area contributed by atoms with E-state index >= 15 is 0 Å². The van der Waals surface area contributed by atoms with E-state index in [1.54, 1.807) is 12.4 Å². The van der Waals surface area contributed by atoms with Crippen LogP contribution in [0.15, 0.2) is 72.7 Å². The summed E-state index contributed by atoms with van der Waals surface area (Å²) in [6.07, 6.45) is 22.4. The zero-order valence-corrected chi connectivity index (χ0v) is 36.9. The number of carbonyl (C=O) groups is 2. The van der Waals surface area contributed by atoms with Crippen LogP contribution in [0.3, 0.4) is 0 Å². The SMILES string of the molecule is C=c1c2c(c(=C)n1C1CCC(=O)NC1=O)=CC(NCCCCOCCCCCCCCOc1ccc(C(C)(C)c3ccc(OCc4cnc(NSC)nc4)cc3)cc1)=CCC=2. The molecule has 2 aromatic carbocycles. The van der Waals surface area contributed by atoms with Crippen LogP contribution in [0.5, 0.6) is 11.5 Å². The van der Waals surface area contributed by atoms with Gasteiger partial charge in [-0.2, -0.15) is 0 Å². The second kappa shape index (κ2) is 22.5. The molecule has 1 aliphatic heterocycles. The molecule has 11 nitrogen and oxygen atoms in total. The van der Waals surface area contributed by atoms with Gasteiger partial charge in [-0.1, -0.05) is 101 Å². The van der Waals surface area contributed by atoms with Gasteiger partial charge in [0.25, 0.3) is 0 Å². The summed E-state index contributed by atoms with van der Waals surface area (Å²) in [5, 5.41) is 9.51. The van der Waals surface area contributed by atoms with Gasteiger partial charge in [0.1, 0.15) is 24.1 Å². The molecule has 1 fully saturated rings. The molecule has 0 bridgehead atoms. The Morgan fingerprint density at radius 1 is 0.803 bits per heavy atom. The number of nitrogens with zero attached hydrogens (tertiary/aromatic N) is 3. The van der Waals surface area contributed by atoms with Crippen molar-refractivity contribution in [2.75, 3.05) is 37.3 Å². The Kier molecular flexibility index (Phi) is 16.7. The summed E-state index contributed by atoms with van der Waals surface area (Å²) in [6, 6.07) is 16.3. The lowest BCUT2D eigenvalue weighted by Gasteiger charge is -2.26. The molecule has 3 heterocycles. The highest BCUT2D eigenvalue weighted by Crippen LogP contribution is 2.33. The molecule has 2 aromatic heterocycles. The summed E-state index contributed by atoms with van der Waals surface area (Å²) in [5.74, 6) is 1.80. The minimum atomic E-state index is -0.466. The van der Waals surface area contributed by atoms with Crippen LogP contribution in [-0.4, -0.2) is 59.0 Å². The average molecular weight is 847 g/mol. The van der Waals surface area contributed by atoms with E-state index < -0.39 is 6.04 Å². The molecule has 324 valence electrons. The summed E-state index contributed by atoms with van der Waals surface area (Å²) < 4.78 is 22.9. The van der Waals surface area contributed by atoms with Crippen molar-refractivity contribution in [2.45, 2.75) is 103 Å². The van der Waals surface area contributed by atoms with E-state index in [1.165, 1.54) is 48.8 Å². The molecule has 0 saturated carbocycles. The minimum Gasteiger partial charge on any atom is -0.494 e. The van der Waals surface area contributed by atoms with Crippen LogP contribution in [-0.2, 0) is 26.3 Å². The molecule has 61 heavy (non-hydrogen) atoms. The maximum Gasteiger partial charge on any atom is 0.249 e. The molecule has 0 spiro atoms. The molecular formula is C49H62N6O5S. The number of imide groups is 1. The number of hydrogen-bond acceptors (Lipinski definition) is 10. The highest BCUT2D eigenvalue weighted by atomic mass is 32.2. The number of allylic oxidation sites excluding steroid dienone is 2. The van der Waals surface area contributed by atoms with Gasteiger partial charge >= 0.3 is 0 Å². The Morgan fingerprint density at radius 2 is 1.41 bits per heavy atom. The van der Waals surface area contributed by atoms with Crippen LogP contribution < -0.4 is 46.0 Å². The Bertz CT molecular complexity index is 2320. The summed E-state index contributed by atoms with van der Waals surface area (Å²) >= 11 is 1.46. The van der Waals surface area contributed by atoms with E-state index in [4.69, 9.17) is 14.2 Å². The fraction of sp³-hybridized carbons (Fsp3) is 0.429. The lowest BCUT2D eigenvalue weighted by molar-refractivity contribution is -0.135.